The van der Waals surface area contributed by atoms with E-state index < -0.39 is 0 Å². The molecule has 3 rings (SSSR count). The molecule has 0 aromatic heterocycles. The lowest BCUT2D eigenvalue weighted by atomic mass is 9.77. The van der Waals surface area contributed by atoms with Gasteiger partial charge in [0, 0.05) is 12.1 Å². The van der Waals surface area contributed by atoms with E-state index in [0.29, 0.717) is 5.41 Å². The van der Waals surface area contributed by atoms with Crippen molar-refractivity contribution in [3.05, 3.63) is 29.8 Å². The van der Waals surface area contributed by atoms with Crippen LogP contribution in [0.15, 0.2) is 24.3 Å². The molecule has 2 aliphatic rings. The third-order valence-corrected chi connectivity index (χ3v) is 5.17. The van der Waals surface area contributed by atoms with Gasteiger partial charge in [0.2, 0.25) is 0 Å². The van der Waals surface area contributed by atoms with Gasteiger partial charge in [-0.1, -0.05) is 12.1 Å². The molecule has 21 heavy (non-hydrogen) atoms. The Balaban J connectivity index is 1.73. The second-order valence-electron chi connectivity index (χ2n) is 8.30. The zero-order chi connectivity index (χ0) is 15.1. The van der Waals surface area contributed by atoms with E-state index in [9.17, 15) is 0 Å². The fourth-order valence-electron chi connectivity index (χ4n) is 4.03. The SMILES string of the molecule is COc1cccc(CC2(CNC(C)(C)C)CC3CC3C2)c1. The van der Waals surface area contributed by atoms with Crippen molar-refractivity contribution in [2.45, 2.75) is 52.0 Å². The first-order valence-electron chi connectivity index (χ1n) is 8.27. The standard InChI is InChI=1S/C19H29NO/c1-18(2,3)20-13-19(11-15-9-16(15)12-19)10-14-6-5-7-17(8-14)21-4/h5-8,15-16,20H,9-13H2,1-4H3. The molecule has 2 unspecified atom stereocenters. The molecule has 2 atom stereocenters. The molecular formula is C19H29NO. The van der Waals surface area contributed by atoms with Crippen LogP contribution in [0.1, 0.15) is 45.6 Å². The van der Waals surface area contributed by atoms with Crippen LogP contribution >= 0.6 is 0 Å². The van der Waals surface area contributed by atoms with Crippen LogP contribution in [0.2, 0.25) is 0 Å². The first-order chi connectivity index (χ1) is 9.89. The minimum atomic E-state index is 0.203. The molecule has 0 aliphatic heterocycles. The summed E-state index contributed by atoms with van der Waals surface area (Å²) in [6.07, 6.45) is 5.46. The van der Waals surface area contributed by atoms with Crippen LogP contribution in [-0.4, -0.2) is 19.2 Å². The lowest BCUT2D eigenvalue weighted by molar-refractivity contribution is 0.222. The van der Waals surface area contributed by atoms with Crippen molar-refractivity contribution < 1.29 is 4.74 Å². The normalized spacial score (nSPS) is 31.0. The fourth-order valence-corrected chi connectivity index (χ4v) is 4.03. The topological polar surface area (TPSA) is 21.3 Å². The second-order valence-corrected chi connectivity index (χ2v) is 8.30. The Morgan fingerprint density at radius 1 is 1.24 bits per heavy atom. The summed E-state index contributed by atoms with van der Waals surface area (Å²) in [7, 11) is 1.75. The van der Waals surface area contributed by atoms with Gasteiger partial charge < -0.3 is 10.1 Å². The Morgan fingerprint density at radius 3 is 2.57 bits per heavy atom. The molecule has 0 amide bonds. The fraction of sp³-hybridized carbons (Fsp3) is 0.684. The van der Waals surface area contributed by atoms with Crippen LogP contribution in [0.5, 0.6) is 5.75 Å². The van der Waals surface area contributed by atoms with Crippen molar-refractivity contribution in [1.82, 2.24) is 5.32 Å². The number of hydrogen-bond acceptors (Lipinski definition) is 2. The van der Waals surface area contributed by atoms with Gasteiger partial charge in [0.15, 0.2) is 0 Å². The number of ether oxygens (including phenoxy) is 1. The van der Waals surface area contributed by atoms with Crippen molar-refractivity contribution >= 4 is 0 Å². The second kappa shape index (κ2) is 5.31. The summed E-state index contributed by atoms with van der Waals surface area (Å²) < 4.78 is 5.38. The molecule has 2 heteroatoms. The first kappa shape index (κ1) is 14.9. The highest BCUT2D eigenvalue weighted by Gasteiger charge is 2.53. The van der Waals surface area contributed by atoms with E-state index in [0.717, 1.165) is 24.1 Å². The predicted molar refractivity (Wildman–Crippen MR) is 87.7 cm³/mol. The largest absolute Gasteiger partial charge is 0.497 e. The number of fused-ring (bicyclic) bond motifs is 1. The van der Waals surface area contributed by atoms with Gasteiger partial charge in [-0.05, 0) is 81.4 Å². The lowest BCUT2D eigenvalue weighted by Crippen LogP contribution is -2.44. The van der Waals surface area contributed by atoms with Crippen LogP contribution in [-0.2, 0) is 6.42 Å². The van der Waals surface area contributed by atoms with Crippen LogP contribution in [0.4, 0.5) is 0 Å². The minimum Gasteiger partial charge on any atom is -0.497 e. The Bertz CT molecular complexity index is 493. The summed E-state index contributed by atoms with van der Waals surface area (Å²) in [5, 5.41) is 3.76. The summed E-state index contributed by atoms with van der Waals surface area (Å²) in [6, 6.07) is 8.62. The van der Waals surface area contributed by atoms with E-state index in [2.05, 4.69) is 44.3 Å². The van der Waals surface area contributed by atoms with E-state index in [-0.39, 0.29) is 5.54 Å². The van der Waals surface area contributed by atoms with Crippen LogP contribution in [0.25, 0.3) is 0 Å². The van der Waals surface area contributed by atoms with Gasteiger partial charge in [0.1, 0.15) is 5.75 Å². The molecule has 0 bridgehead atoms. The highest BCUT2D eigenvalue weighted by Crippen LogP contribution is 2.60. The van der Waals surface area contributed by atoms with Gasteiger partial charge in [0.25, 0.3) is 0 Å². The van der Waals surface area contributed by atoms with Crippen molar-refractivity contribution in [3.63, 3.8) is 0 Å². The summed E-state index contributed by atoms with van der Waals surface area (Å²) in [4.78, 5) is 0. The maximum Gasteiger partial charge on any atom is 0.119 e. The average Bonchev–Trinajstić information content (AvgIpc) is 3.04. The highest BCUT2D eigenvalue weighted by atomic mass is 16.5. The molecule has 1 aromatic rings. The van der Waals surface area contributed by atoms with E-state index in [1.807, 2.05) is 6.07 Å². The van der Waals surface area contributed by atoms with E-state index >= 15 is 0 Å². The van der Waals surface area contributed by atoms with Crippen molar-refractivity contribution in [3.8, 4) is 5.75 Å². The lowest BCUT2D eigenvalue weighted by Gasteiger charge is -2.35. The smallest absolute Gasteiger partial charge is 0.119 e. The Morgan fingerprint density at radius 2 is 1.95 bits per heavy atom. The Hall–Kier alpha value is -1.02. The summed E-state index contributed by atoms with van der Waals surface area (Å²) in [6.45, 7) is 7.94. The van der Waals surface area contributed by atoms with Gasteiger partial charge in [-0.25, -0.2) is 0 Å². The predicted octanol–water partition coefficient (Wildman–Crippen LogP) is 4.04. The summed E-state index contributed by atoms with van der Waals surface area (Å²) >= 11 is 0. The monoisotopic (exact) mass is 287 g/mol. The molecule has 2 aliphatic carbocycles. The number of hydrogen-bond donors (Lipinski definition) is 1. The Kier molecular flexibility index (Phi) is 3.77. The molecule has 0 radical (unpaired) electrons. The maximum absolute atomic E-state index is 5.38. The molecule has 0 saturated heterocycles. The van der Waals surface area contributed by atoms with E-state index in [1.54, 1.807) is 7.11 Å². The number of methoxy groups -OCH3 is 1. The van der Waals surface area contributed by atoms with E-state index in [4.69, 9.17) is 4.74 Å². The Labute approximate surface area is 129 Å². The van der Waals surface area contributed by atoms with Gasteiger partial charge in [0.05, 0.1) is 7.11 Å². The molecule has 2 fully saturated rings. The highest BCUT2D eigenvalue weighted by molar-refractivity contribution is 5.29. The molecule has 2 saturated carbocycles. The molecule has 116 valence electrons. The number of benzene rings is 1. The molecule has 0 spiro atoms. The third-order valence-electron chi connectivity index (χ3n) is 5.17. The third kappa shape index (κ3) is 3.60. The van der Waals surface area contributed by atoms with Crippen molar-refractivity contribution in [2.75, 3.05) is 13.7 Å². The minimum absolute atomic E-state index is 0.203. The van der Waals surface area contributed by atoms with Gasteiger partial charge in [-0.2, -0.15) is 0 Å². The zero-order valence-corrected chi connectivity index (χ0v) is 13.9. The van der Waals surface area contributed by atoms with Crippen LogP contribution in [0, 0.1) is 17.3 Å². The first-order valence-corrected chi connectivity index (χ1v) is 8.27. The number of rotatable bonds is 5. The van der Waals surface area contributed by atoms with Crippen LogP contribution < -0.4 is 10.1 Å². The van der Waals surface area contributed by atoms with Crippen molar-refractivity contribution in [1.29, 1.82) is 0 Å². The van der Waals surface area contributed by atoms with E-state index in [1.165, 1.54) is 31.2 Å². The summed E-state index contributed by atoms with van der Waals surface area (Å²) in [5.74, 6) is 3.00. The molecule has 1 aromatic carbocycles. The van der Waals surface area contributed by atoms with Gasteiger partial charge in [-0.15, -0.1) is 0 Å². The maximum atomic E-state index is 5.38. The quantitative estimate of drug-likeness (QED) is 0.882. The van der Waals surface area contributed by atoms with Gasteiger partial charge >= 0.3 is 0 Å². The summed E-state index contributed by atoms with van der Waals surface area (Å²) in [5.41, 5.74) is 2.08. The molecule has 2 nitrogen and oxygen atoms in total. The molecule has 0 heterocycles. The van der Waals surface area contributed by atoms with Crippen LogP contribution in [0.3, 0.4) is 0 Å². The van der Waals surface area contributed by atoms with Crippen molar-refractivity contribution in [2.24, 2.45) is 17.3 Å². The average molecular weight is 287 g/mol. The number of nitrogens with one attached hydrogen (secondary N) is 1. The zero-order valence-electron chi connectivity index (χ0n) is 13.9. The molecular weight excluding hydrogens is 258 g/mol. The van der Waals surface area contributed by atoms with Gasteiger partial charge in [-0.3, -0.25) is 0 Å². The molecule has 1 N–H and O–H groups in total.